The fourth-order valence-corrected chi connectivity index (χ4v) is 1.53. The Hall–Kier alpha value is -0.280. The van der Waals surface area contributed by atoms with Crippen LogP contribution < -0.4 is 5.73 Å². The van der Waals surface area contributed by atoms with E-state index in [0.717, 1.165) is 5.56 Å². The van der Waals surface area contributed by atoms with Crippen LogP contribution in [0.4, 0.5) is 0 Å². The molecule has 1 unspecified atom stereocenters. The normalized spacial score (nSPS) is 12.9. The molecule has 1 aromatic carbocycles. The molecule has 0 aliphatic carbocycles. The number of methoxy groups -OCH3 is 1. The zero-order chi connectivity index (χ0) is 9.84. The summed E-state index contributed by atoms with van der Waals surface area (Å²) < 4.78 is 5.15. The van der Waals surface area contributed by atoms with E-state index in [1.165, 1.54) is 0 Å². The molecule has 0 aromatic heterocycles. The molecule has 72 valence electrons. The van der Waals surface area contributed by atoms with Crippen LogP contribution in [0.2, 0.25) is 10.0 Å². The van der Waals surface area contributed by atoms with Gasteiger partial charge in [-0.2, -0.15) is 0 Å². The van der Waals surface area contributed by atoms with Gasteiger partial charge in [0, 0.05) is 29.3 Å². The lowest BCUT2D eigenvalue weighted by atomic mass is 10.1. The van der Waals surface area contributed by atoms with Crippen LogP contribution >= 0.6 is 23.2 Å². The monoisotopic (exact) mass is 219 g/mol. The summed E-state index contributed by atoms with van der Waals surface area (Å²) >= 11 is 11.8. The second kappa shape index (κ2) is 4.82. The SMILES string of the molecule is COC(CN)c1cc(Cl)ccc1Cl. The van der Waals surface area contributed by atoms with Crippen molar-refractivity contribution in [3.05, 3.63) is 33.8 Å². The molecule has 1 atom stereocenters. The minimum absolute atomic E-state index is 0.189. The van der Waals surface area contributed by atoms with Crippen LogP contribution in [0.1, 0.15) is 11.7 Å². The van der Waals surface area contributed by atoms with Gasteiger partial charge in [-0.1, -0.05) is 23.2 Å². The molecule has 0 aliphatic heterocycles. The number of ether oxygens (including phenoxy) is 1. The Bertz CT molecular complexity index is 287. The van der Waals surface area contributed by atoms with Gasteiger partial charge < -0.3 is 10.5 Å². The summed E-state index contributed by atoms with van der Waals surface area (Å²) in [6, 6.07) is 5.24. The highest BCUT2D eigenvalue weighted by atomic mass is 35.5. The predicted octanol–water partition coefficient (Wildman–Crippen LogP) is 2.64. The Balaban J connectivity index is 3.03. The topological polar surface area (TPSA) is 35.2 Å². The Morgan fingerprint density at radius 1 is 1.46 bits per heavy atom. The molecule has 1 rings (SSSR count). The molecule has 0 saturated heterocycles. The minimum atomic E-state index is -0.189. The number of benzene rings is 1. The average molecular weight is 220 g/mol. The van der Waals surface area contributed by atoms with Crippen molar-refractivity contribution in [2.24, 2.45) is 5.73 Å². The smallest absolute Gasteiger partial charge is 0.0958 e. The van der Waals surface area contributed by atoms with Crippen molar-refractivity contribution in [2.45, 2.75) is 6.10 Å². The zero-order valence-corrected chi connectivity index (χ0v) is 8.77. The maximum atomic E-state index is 5.95. The van der Waals surface area contributed by atoms with E-state index in [2.05, 4.69) is 0 Å². The zero-order valence-electron chi connectivity index (χ0n) is 7.26. The number of nitrogens with two attached hydrogens (primary N) is 1. The lowest BCUT2D eigenvalue weighted by Gasteiger charge is -2.14. The Morgan fingerprint density at radius 3 is 2.69 bits per heavy atom. The second-order valence-corrected chi connectivity index (χ2v) is 3.47. The van der Waals surface area contributed by atoms with E-state index in [9.17, 15) is 0 Å². The van der Waals surface area contributed by atoms with Crippen LogP contribution in [0, 0.1) is 0 Å². The van der Waals surface area contributed by atoms with E-state index >= 15 is 0 Å². The Labute approximate surface area is 87.6 Å². The first-order chi connectivity index (χ1) is 6.19. The molecule has 0 radical (unpaired) electrons. The molecule has 0 saturated carbocycles. The summed E-state index contributed by atoms with van der Waals surface area (Å²) in [4.78, 5) is 0. The van der Waals surface area contributed by atoms with Gasteiger partial charge in [0.15, 0.2) is 0 Å². The van der Waals surface area contributed by atoms with Gasteiger partial charge in [-0.15, -0.1) is 0 Å². The predicted molar refractivity (Wildman–Crippen MR) is 55.3 cm³/mol. The third-order valence-corrected chi connectivity index (χ3v) is 2.38. The molecule has 2 nitrogen and oxygen atoms in total. The molecule has 4 heteroatoms. The van der Waals surface area contributed by atoms with Gasteiger partial charge in [0.1, 0.15) is 0 Å². The highest BCUT2D eigenvalue weighted by Gasteiger charge is 2.12. The van der Waals surface area contributed by atoms with Crippen LogP contribution in [0.3, 0.4) is 0 Å². The highest BCUT2D eigenvalue weighted by Crippen LogP contribution is 2.27. The van der Waals surface area contributed by atoms with Gasteiger partial charge in [0.2, 0.25) is 0 Å². The minimum Gasteiger partial charge on any atom is -0.375 e. The summed E-state index contributed by atoms with van der Waals surface area (Å²) in [6.07, 6.45) is -0.189. The largest absolute Gasteiger partial charge is 0.375 e. The number of rotatable bonds is 3. The van der Waals surface area contributed by atoms with E-state index in [0.29, 0.717) is 16.6 Å². The lowest BCUT2D eigenvalue weighted by Crippen LogP contribution is -2.14. The lowest BCUT2D eigenvalue weighted by molar-refractivity contribution is 0.110. The molecule has 13 heavy (non-hydrogen) atoms. The van der Waals surface area contributed by atoms with Crippen LogP contribution in [0.25, 0.3) is 0 Å². The maximum absolute atomic E-state index is 5.95. The molecule has 0 amide bonds. The summed E-state index contributed by atoms with van der Waals surface area (Å²) in [7, 11) is 1.59. The molecule has 0 aliphatic rings. The Kier molecular flexibility index (Phi) is 4.00. The number of halogens is 2. The van der Waals surface area contributed by atoms with Crippen molar-refractivity contribution in [1.82, 2.24) is 0 Å². The molecule has 2 N–H and O–H groups in total. The van der Waals surface area contributed by atoms with Crippen molar-refractivity contribution in [3.63, 3.8) is 0 Å². The summed E-state index contributed by atoms with van der Waals surface area (Å²) in [5.41, 5.74) is 6.34. The van der Waals surface area contributed by atoms with E-state index in [4.69, 9.17) is 33.7 Å². The standard InChI is InChI=1S/C9H11Cl2NO/c1-13-9(5-12)7-4-6(10)2-3-8(7)11/h2-4,9H,5,12H2,1H3. The number of hydrogen-bond donors (Lipinski definition) is 1. The highest BCUT2D eigenvalue weighted by molar-refractivity contribution is 6.33. The molecule has 0 bridgehead atoms. The van der Waals surface area contributed by atoms with Crippen LogP contribution in [-0.2, 0) is 4.74 Å². The van der Waals surface area contributed by atoms with E-state index in [1.54, 1.807) is 25.3 Å². The van der Waals surface area contributed by atoms with Crippen LogP contribution in [-0.4, -0.2) is 13.7 Å². The van der Waals surface area contributed by atoms with Crippen LogP contribution in [0.15, 0.2) is 18.2 Å². The van der Waals surface area contributed by atoms with Crippen molar-refractivity contribution in [3.8, 4) is 0 Å². The van der Waals surface area contributed by atoms with Crippen LogP contribution in [0.5, 0.6) is 0 Å². The third kappa shape index (κ3) is 2.58. The summed E-state index contributed by atoms with van der Waals surface area (Å²) in [6.45, 7) is 0.385. The average Bonchev–Trinajstić information content (AvgIpc) is 2.13. The summed E-state index contributed by atoms with van der Waals surface area (Å²) in [5.74, 6) is 0. The van der Waals surface area contributed by atoms with Crippen molar-refractivity contribution < 1.29 is 4.74 Å². The van der Waals surface area contributed by atoms with E-state index < -0.39 is 0 Å². The third-order valence-electron chi connectivity index (χ3n) is 1.80. The maximum Gasteiger partial charge on any atom is 0.0958 e. The van der Waals surface area contributed by atoms with Crippen molar-refractivity contribution in [2.75, 3.05) is 13.7 Å². The van der Waals surface area contributed by atoms with Gasteiger partial charge in [-0.05, 0) is 18.2 Å². The second-order valence-electron chi connectivity index (χ2n) is 2.63. The quantitative estimate of drug-likeness (QED) is 0.849. The first-order valence-corrected chi connectivity index (χ1v) is 4.62. The number of hydrogen-bond acceptors (Lipinski definition) is 2. The molecule has 0 fully saturated rings. The first kappa shape index (κ1) is 10.8. The fourth-order valence-electron chi connectivity index (χ4n) is 1.11. The summed E-state index contributed by atoms with van der Waals surface area (Å²) in [5, 5.41) is 1.26. The molecule has 0 heterocycles. The van der Waals surface area contributed by atoms with E-state index in [-0.39, 0.29) is 6.10 Å². The van der Waals surface area contributed by atoms with Gasteiger partial charge in [0.25, 0.3) is 0 Å². The van der Waals surface area contributed by atoms with Crippen molar-refractivity contribution in [1.29, 1.82) is 0 Å². The molecule has 1 aromatic rings. The molecular weight excluding hydrogens is 209 g/mol. The Morgan fingerprint density at radius 2 is 2.15 bits per heavy atom. The van der Waals surface area contributed by atoms with E-state index in [1.807, 2.05) is 0 Å². The fraction of sp³-hybridized carbons (Fsp3) is 0.333. The van der Waals surface area contributed by atoms with Gasteiger partial charge >= 0.3 is 0 Å². The van der Waals surface area contributed by atoms with Gasteiger partial charge in [-0.3, -0.25) is 0 Å². The molecule has 0 spiro atoms. The van der Waals surface area contributed by atoms with Crippen molar-refractivity contribution >= 4 is 23.2 Å². The molecular formula is C9H11Cl2NO. The van der Waals surface area contributed by atoms with Gasteiger partial charge in [-0.25, -0.2) is 0 Å². The first-order valence-electron chi connectivity index (χ1n) is 3.87. The van der Waals surface area contributed by atoms with Gasteiger partial charge in [0.05, 0.1) is 6.10 Å².